The highest BCUT2D eigenvalue weighted by atomic mass is 32.1. The molecule has 0 amide bonds. The molecule has 1 rings (SSSR count). The zero-order valence-electron chi connectivity index (χ0n) is 11.1. The second-order valence-electron chi connectivity index (χ2n) is 5.73. The van der Waals surface area contributed by atoms with Crippen molar-refractivity contribution in [3.63, 3.8) is 0 Å². The molecule has 0 spiro atoms. The Kier molecular flexibility index (Phi) is 4.93. The fraction of sp³-hybridized carbons (Fsp3) is 0.769. The van der Waals surface area contributed by atoms with Crippen molar-refractivity contribution in [1.29, 1.82) is 0 Å². The number of nitrogens with one attached hydrogen (secondary N) is 1. The van der Waals surface area contributed by atoms with Crippen LogP contribution in [0.4, 0.5) is 0 Å². The van der Waals surface area contributed by atoms with E-state index in [1.807, 2.05) is 6.20 Å². The van der Waals surface area contributed by atoms with Crippen LogP contribution in [-0.4, -0.2) is 11.0 Å². The van der Waals surface area contributed by atoms with Crippen molar-refractivity contribution in [3.8, 4) is 0 Å². The molecular formula is C13H24N2S. The number of aryl methyl sites for hydroxylation is 1. The summed E-state index contributed by atoms with van der Waals surface area (Å²) in [6.45, 7) is 12.2. The molecule has 1 aromatic rings. The van der Waals surface area contributed by atoms with Crippen LogP contribution in [0.15, 0.2) is 6.20 Å². The third kappa shape index (κ3) is 5.61. The van der Waals surface area contributed by atoms with Gasteiger partial charge in [-0.25, -0.2) is 4.98 Å². The summed E-state index contributed by atoms with van der Waals surface area (Å²) in [5.41, 5.74) is 0.441. The maximum atomic E-state index is 4.26. The van der Waals surface area contributed by atoms with Gasteiger partial charge in [0, 0.05) is 23.7 Å². The zero-order chi connectivity index (χ0) is 12.2. The molecule has 0 aliphatic rings. The largest absolute Gasteiger partial charge is 0.309 e. The minimum atomic E-state index is 0.441. The lowest BCUT2D eigenvalue weighted by molar-refractivity contribution is 0.336. The van der Waals surface area contributed by atoms with Gasteiger partial charge >= 0.3 is 0 Å². The Hall–Kier alpha value is -0.410. The molecule has 1 atom stereocenters. The molecule has 0 bridgehead atoms. The monoisotopic (exact) mass is 240 g/mol. The lowest BCUT2D eigenvalue weighted by Crippen LogP contribution is -2.26. The first-order valence-corrected chi connectivity index (χ1v) is 6.83. The van der Waals surface area contributed by atoms with Crippen molar-refractivity contribution in [2.24, 2.45) is 5.41 Å². The van der Waals surface area contributed by atoms with E-state index >= 15 is 0 Å². The molecule has 1 unspecified atom stereocenters. The normalized spacial score (nSPS) is 14.1. The fourth-order valence-electron chi connectivity index (χ4n) is 1.51. The van der Waals surface area contributed by atoms with Crippen LogP contribution in [-0.2, 0) is 6.54 Å². The summed E-state index contributed by atoms with van der Waals surface area (Å²) in [4.78, 5) is 5.59. The van der Waals surface area contributed by atoms with Gasteiger partial charge in [0.25, 0.3) is 0 Å². The molecule has 16 heavy (non-hydrogen) atoms. The highest BCUT2D eigenvalue weighted by Gasteiger charge is 2.12. The van der Waals surface area contributed by atoms with E-state index in [-0.39, 0.29) is 0 Å². The Morgan fingerprint density at radius 1 is 1.44 bits per heavy atom. The summed E-state index contributed by atoms with van der Waals surface area (Å²) in [5, 5.41) is 4.71. The van der Waals surface area contributed by atoms with Gasteiger partial charge in [0.15, 0.2) is 0 Å². The van der Waals surface area contributed by atoms with E-state index in [2.05, 4.69) is 44.9 Å². The number of nitrogens with zero attached hydrogens (tertiary/aromatic N) is 1. The topological polar surface area (TPSA) is 24.9 Å². The first-order valence-electron chi connectivity index (χ1n) is 6.01. The summed E-state index contributed by atoms with van der Waals surface area (Å²) < 4.78 is 0. The van der Waals surface area contributed by atoms with Gasteiger partial charge in [-0.1, -0.05) is 20.8 Å². The van der Waals surface area contributed by atoms with Gasteiger partial charge in [-0.05, 0) is 32.1 Å². The van der Waals surface area contributed by atoms with E-state index in [1.54, 1.807) is 11.3 Å². The highest BCUT2D eigenvalue weighted by molar-refractivity contribution is 7.11. The number of aromatic nitrogens is 1. The van der Waals surface area contributed by atoms with E-state index in [1.165, 1.54) is 17.7 Å². The fourth-order valence-corrected chi connectivity index (χ4v) is 2.26. The van der Waals surface area contributed by atoms with Crippen molar-refractivity contribution < 1.29 is 0 Å². The molecule has 0 aliphatic carbocycles. The van der Waals surface area contributed by atoms with Crippen molar-refractivity contribution >= 4 is 11.3 Å². The average Bonchev–Trinajstić information content (AvgIpc) is 2.57. The standard InChI is InChI=1S/C13H24N2S/c1-10(6-7-13(3,4)5)14-8-12-9-15-11(2)16-12/h9-10,14H,6-8H2,1-5H3. The molecule has 1 heterocycles. The van der Waals surface area contributed by atoms with Crippen molar-refractivity contribution in [2.75, 3.05) is 0 Å². The highest BCUT2D eigenvalue weighted by Crippen LogP contribution is 2.21. The van der Waals surface area contributed by atoms with Gasteiger partial charge in [0.05, 0.1) is 5.01 Å². The summed E-state index contributed by atoms with van der Waals surface area (Å²) in [6.07, 6.45) is 4.48. The minimum absolute atomic E-state index is 0.441. The predicted molar refractivity (Wildman–Crippen MR) is 71.8 cm³/mol. The summed E-state index contributed by atoms with van der Waals surface area (Å²) in [7, 11) is 0. The summed E-state index contributed by atoms with van der Waals surface area (Å²) in [6, 6.07) is 0.585. The molecule has 0 aromatic carbocycles. The smallest absolute Gasteiger partial charge is 0.0897 e. The Bertz CT molecular complexity index is 312. The molecule has 0 saturated heterocycles. The van der Waals surface area contributed by atoms with Gasteiger partial charge in [0.2, 0.25) is 0 Å². The molecule has 0 fully saturated rings. The van der Waals surface area contributed by atoms with E-state index in [9.17, 15) is 0 Å². The van der Waals surface area contributed by atoms with E-state index in [0.717, 1.165) is 11.6 Å². The molecule has 1 aromatic heterocycles. The van der Waals surface area contributed by atoms with Crippen LogP contribution in [0, 0.1) is 12.3 Å². The van der Waals surface area contributed by atoms with E-state index in [0.29, 0.717) is 11.5 Å². The molecule has 92 valence electrons. The third-order valence-corrected chi connectivity index (χ3v) is 3.53. The van der Waals surface area contributed by atoms with Gasteiger partial charge in [-0.15, -0.1) is 11.3 Å². The van der Waals surface area contributed by atoms with Crippen LogP contribution >= 0.6 is 11.3 Å². The van der Waals surface area contributed by atoms with Crippen LogP contribution in [0.3, 0.4) is 0 Å². The number of thiazole rings is 1. The van der Waals surface area contributed by atoms with Gasteiger partial charge < -0.3 is 5.32 Å². The van der Waals surface area contributed by atoms with Crippen LogP contribution < -0.4 is 5.32 Å². The number of hydrogen-bond donors (Lipinski definition) is 1. The molecule has 1 N–H and O–H groups in total. The Morgan fingerprint density at radius 2 is 2.12 bits per heavy atom. The van der Waals surface area contributed by atoms with E-state index < -0.39 is 0 Å². The summed E-state index contributed by atoms with van der Waals surface area (Å²) in [5.74, 6) is 0. The lowest BCUT2D eigenvalue weighted by Gasteiger charge is -2.21. The van der Waals surface area contributed by atoms with Gasteiger partial charge in [0.1, 0.15) is 0 Å². The second kappa shape index (κ2) is 5.78. The molecule has 2 nitrogen and oxygen atoms in total. The Morgan fingerprint density at radius 3 is 2.62 bits per heavy atom. The van der Waals surface area contributed by atoms with Crippen LogP contribution in [0.5, 0.6) is 0 Å². The lowest BCUT2D eigenvalue weighted by atomic mass is 9.89. The average molecular weight is 240 g/mol. The molecule has 0 saturated carbocycles. The summed E-state index contributed by atoms with van der Waals surface area (Å²) >= 11 is 1.78. The zero-order valence-corrected chi connectivity index (χ0v) is 11.9. The minimum Gasteiger partial charge on any atom is -0.309 e. The Balaban J connectivity index is 2.22. The third-order valence-electron chi connectivity index (χ3n) is 2.62. The molecule has 3 heteroatoms. The molecule has 0 aliphatic heterocycles. The second-order valence-corrected chi connectivity index (χ2v) is 7.05. The molecular weight excluding hydrogens is 216 g/mol. The molecule has 0 radical (unpaired) electrons. The first-order chi connectivity index (χ1) is 7.37. The maximum Gasteiger partial charge on any atom is 0.0897 e. The number of rotatable bonds is 5. The van der Waals surface area contributed by atoms with Crippen molar-refractivity contribution in [3.05, 3.63) is 16.1 Å². The quantitative estimate of drug-likeness (QED) is 0.847. The SMILES string of the molecule is Cc1ncc(CNC(C)CCC(C)(C)C)s1. The van der Waals surface area contributed by atoms with E-state index in [4.69, 9.17) is 0 Å². The van der Waals surface area contributed by atoms with Crippen molar-refractivity contribution in [2.45, 2.75) is 60.0 Å². The number of hydrogen-bond acceptors (Lipinski definition) is 3. The Labute approximate surface area is 103 Å². The first kappa shape index (κ1) is 13.7. The maximum absolute atomic E-state index is 4.26. The van der Waals surface area contributed by atoms with Crippen molar-refractivity contribution in [1.82, 2.24) is 10.3 Å². The predicted octanol–water partition coefficient (Wildman–Crippen LogP) is 3.76. The van der Waals surface area contributed by atoms with Gasteiger partial charge in [-0.2, -0.15) is 0 Å². The van der Waals surface area contributed by atoms with Gasteiger partial charge in [-0.3, -0.25) is 0 Å². The van der Waals surface area contributed by atoms with Crippen LogP contribution in [0.2, 0.25) is 0 Å². The van der Waals surface area contributed by atoms with Crippen LogP contribution in [0.1, 0.15) is 50.4 Å². The van der Waals surface area contributed by atoms with Crippen LogP contribution in [0.25, 0.3) is 0 Å².